The van der Waals surface area contributed by atoms with Crippen LogP contribution in [0.1, 0.15) is 39.5 Å². The Morgan fingerprint density at radius 3 is 2.65 bits per heavy atom. The number of rotatable bonds is 5. The molecule has 7 heteroatoms. The van der Waals surface area contributed by atoms with Crippen molar-refractivity contribution in [1.29, 1.82) is 0 Å². The Morgan fingerprint density at radius 2 is 2.09 bits per heavy atom. The van der Waals surface area contributed by atoms with E-state index in [2.05, 4.69) is 6.58 Å². The Morgan fingerprint density at radius 1 is 1.43 bits per heavy atom. The highest BCUT2D eigenvalue weighted by Crippen LogP contribution is 2.39. The van der Waals surface area contributed by atoms with Crippen LogP contribution in [0.3, 0.4) is 0 Å². The Hall–Kier alpha value is -1.88. The molecule has 2 rings (SSSR count). The third kappa shape index (κ3) is 3.55. The van der Waals surface area contributed by atoms with E-state index in [0.717, 1.165) is 5.56 Å². The first-order chi connectivity index (χ1) is 10.7. The molecule has 0 aliphatic carbocycles. The second-order valence-corrected chi connectivity index (χ2v) is 7.22. The van der Waals surface area contributed by atoms with Crippen molar-refractivity contribution in [1.82, 2.24) is 0 Å². The van der Waals surface area contributed by atoms with Crippen LogP contribution >= 0.6 is 7.60 Å². The third-order valence-corrected chi connectivity index (χ3v) is 4.78. The first-order valence-corrected chi connectivity index (χ1v) is 8.82. The number of aromatic hydroxyl groups is 1. The predicted molar refractivity (Wildman–Crippen MR) is 86.4 cm³/mol. The molecule has 1 aromatic rings. The molecule has 1 aliphatic rings. The van der Waals surface area contributed by atoms with E-state index in [9.17, 15) is 14.5 Å². The highest BCUT2D eigenvalue weighted by molar-refractivity contribution is 7.52. The van der Waals surface area contributed by atoms with E-state index in [-0.39, 0.29) is 30.5 Å². The fourth-order valence-electron chi connectivity index (χ4n) is 2.76. The molecule has 0 unspecified atom stereocenters. The van der Waals surface area contributed by atoms with Crippen LogP contribution in [-0.2, 0) is 22.3 Å². The van der Waals surface area contributed by atoms with Crippen LogP contribution in [0.4, 0.5) is 0 Å². The summed E-state index contributed by atoms with van der Waals surface area (Å²) in [5.74, 6) is -0.711. The first-order valence-electron chi connectivity index (χ1n) is 7.02. The summed E-state index contributed by atoms with van der Waals surface area (Å²) in [5, 5.41) is 10.4. The lowest BCUT2D eigenvalue weighted by Gasteiger charge is -2.14. The Bertz CT molecular complexity index is 757. The van der Waals surface area contributed by atoms with Crippen molar-refractivity contribution < 1.29 is 29.0 Å². The number of carbonyl (C=O) groups is 1. The van der Waals surface area contributed by atoms with Gasteiger partial charge in [-0.1, -0.05) is 24.3 Å². The number of hydrogen-bond acceptors (Lipinski definition) is 4. The van der Waals surface area contributed by atoms with Crippen molar-refractivity contribution in [2.45, 2.75) is 26.9 Å². The summed E-state index contributed by atoms with van der Waals surface area (Å²) >= 11 is 0. The van der Waals surface area contributed by atoms with E-state index in [1.807, 2.05) is 6.92 Å². The van der Waals surface area contributed by atoms with Crippen molar-refractivity contribution in [2.75, 3.05) is 6.16 Å². The summed E-state index contributed by atoms with van der Waals surface area (Å²) in [5.41, 5.74) is 3.36. The van der Waals surface area contributed by atoms with E-state index < -0.39 is 13.6 Å². The van der Waals surface area contributed by atoms with E-state index >= 15 is 0 Å². The summed E-state index contributed by atoms with van der Waals surface area (Å²) < 4.78 is 16.0. The lowest BCUT2D eigenvalue weighted by molar-refractivity contribution is 0.0533. The molecule has 0 atom stereocenters. The molecule has 23 heavy (non-hydrogen) atoms. The second kappa shape index (κ2) is 6.32. The van der Waals surface area contributed by atoms with Crippen LogP contribution < -0.4 is 0 Å². The zero-order valence-electron chi connectivity index (χ0n) is 13.0. The van der Waals surface area contributed by atoms with Crippen LogP contribution in [-0.4, -0.2) is 27.0 Å². The molecule has 0 aromatic heterocycles. The molecule has 6 nitrogen and oxygen atoms in total. The molecule has 0 radical (unpaired) electrons. The third-order valence-electron chi connectivity index (χ3n) is 3.87. The van der Waals surface area contributed by atoms with Crippen molar-refractivity contribution in [3.8, 4) is 5.75 Å². The number of cyclic esters (lactones) is 1. The molecule has 1 aliphatic heterocycles. The standard InChI is InChI=1S/C16H19O6P/c1-4-11-10(3)13-7-22-16(18)14(13)15(17)12(11)6-5-9(2)8-23(19,20)21/h4-5,17H,1,6-8H2,2-3H3,(H2,19,20,21)/b9-5+. The van der Waals surface area contributed by atoms with Gasteiger partial charge in [0.1, 0.15) is 17.9 Å². The fourth-order valence-corrected chi connectivity index (χ4v) is 3.54. The summed E-state index contributed by atoms with van der Waals surface area (Å²) in [6.45, 7) is 7.30. The SMILES string of the molecule is C=Cc1c(C)c2c(c(O)c1C/C=C(\C)CP(=O)(O)O)C(=O)OC2. The number of carbonyl (C=O) groups excluding carboxylic acids is 1. The zero-order valence-corrected chi connectivity index (χ0v) is 13.9. The minimum absolute atomic E-state index is 0.127. The maximum absolute atomic E-state index is 11.8. The van der Waals surface area contributed by atoms with E-state index in [1.165, 1.54) is 0 Å². The van der Waals surface area contributed by atoms with Gasteiger partial charge >= 0.3 is 13.6 Å². The Kier molecular flexibility index (Phi) is 4.80. The molecule has 0 fully saturated rings. The lowest BCUT2D eigenvalue weighted by Crippen LogP contribution is -2.02. The highest BCUT2D eigenvalue weighted by atomic mass is 31.2. The molecule has 1 heterocycles. The molecule has 0 spiro atoms. The second-order valence-electron chi connectivity index (χ2n) is 5.58. The minimum Gasteiger partial charge on any atom is -0.507 e. The fraction of sp³-hybridized carbons (Fsp3) is 0.312. The number of fused-ring (bicyclic) bond motifs is 1. The molecule has 0 saturated carbocycles. The normalized spacial score (nSPS) is 14.6. The first kappa shape index (κ1) is 17.5. The molecule has 0 saturated heterocycles. The van der Waals surface area contributed by atoms with Crippen molar-refractivity contribution in [3.63, 3.8) is 0 Å². The van der Waals surface area contributed by atoms with Crippen molar-refractivity contribution in [2.24, 2.45) is 0 Å². The van der Waals surface area contributed by atoms with Crippen LogP contribution in [0.5, 0.6) is 5.75 Å². The van der Waals surface area contributed by atoms with Crippen LogP contribution in [0, 0.1) is 6.92 Å². The van der Waals surface area contributed by atoms with Gasteiger partial charge in [-0.15, -0.1) is 0 Å². The monoisotopic (exact) mass is 338 g/mol. The maximum Gasteiger partial charge on any atom is 0.342 e. The Balaban J connectivity index is 2.47. The number of esters is 1. The van der Waals surface area contributed by atoms with E-state index in [0.29, 0.717) is 22.3 Å². The van der Waals surface area contributed by atoms with Gasteiger partial charge in [0, 0.05) is 11.1 Å². The largest absolute Gasteiger partial charge is 0.507 e. The molecular formula is C16H19O6P. The molecule has 1 aromatic carbocycles. The molecule has 3 N–H and O–H groups in total. The quantitative estimate of drug-likeness (QED) is 0.433. The van der Waals surface area contributed by atoms with Crippen LogP contribution in [0.15, 0.2) is 18.2 Å². The van der Waals surface area contributed by atoms with E-state index in [4.69, 9.17) is 14.5 Å². The van der Waals surface area contributed by atoms with Gasteiger partial charge in [-0.3, -0.25) is 4.57 Å². The molecule has 124 valence electrons. The number of allylic oxidation sites excluding steroid dienone is 2. The van der Waals surface area contributed by atoms with E-state index in [1.54, 1.807) is 19.1 Å². The predicted octanol–water partition coefficient (Wildman–Crippen LogP) is 2.68. The molecule has 0 amide bonds. The zero-order chi connectivity index (χ0) is 17.4. The summed E-state index contributed by atoms with van der Waals surface area (Å²) in [4.78, 5) is 29.8. The van der Waals surface area contributed by atoms with Gasteiger partial charge in [0.2, 0.25) is 0 Å². The smallest absolute Gasteiger partial charge is 0.342 e. The van der Waals surface area contributed by atoms with Gasteiger partial charge in [-0.25, -0.2) is 4.79 Å². The topological polar surface area (TPSA) is 104 Å². The average molecular weight is 338 g/mol. The van der Waals surface area contributed by atoms with Gasteiger partial charge in [0.05, 0.1) is 6.16 Å². The number of benzene rings is 1. The van der Waals surface area contributed by atoms with Gasteiger partial charge in [-0.05, 0) is 31.4 Å². The lowest BCUT2D eigenvalue weighted by atomic mass is 9.90. The van der Waals surface area contributed by atoms with Gasteiger partial charge in [0.25, 0.3) is 0 Å². The summed E-state index contributed by atoms with van der Waals surface area (Å²) in [6.07, 6.45) is 3.12. The van der Waals surface area contributed by atoms with Gasteiger partial charge in [-0.2, -0.15) is 0 Å². The van der Waals surface area contributed by atoms with Gasteiger partial charge in [0.15, 0.2) is 0 Å². The van der Waals surface area contributed by atoms with Crippen molar-refractivity contribution >= 4 is 19.6 Å². The number of hydrogen-bond donors (Lipinski definition) is 3. The van der Waals surface area contributed by atoms with Gasteiger partial charge < -0.3 is 19.6 Å². The summed E-state index contributed by atoms with van der Waals surface area (Å²) in [6, 6.07) is 0. The van der Waals surface area contributed by atoms with Crippen LogP contribution in [0.2, 0.25) is 0 Å². The molecular weight excluding hydrogens is 319 g/mol. The Labute approximate surface area is 134 Å². The maximum atomic E-state index is 11.8. The number of ether oxygens (including phenoxy) is 1. The van der Waals surface area contributed by atoms with Crippen molar-refractivity contribution in [3.05, 3.63) is 46.0 Å². The number of phenols is 1. The number of phenolic OH excluding ortho intramolecular Hbond substituents is 1. The van der Waals surface area contributed by atoms with Crippen LogP contribution in [0.25, 0.3) is 6.08 Å². The highest BCUT2D eigenvalue weighted by Gasteiger charge is 2.30. The molecule has 0 bridgehead atoms. The average Bonchev–Trinajstić information content (AvgIpc) is 2.81. The summed E-state index contributed by atoms with van der Waals surface area (Å²) in [7, 11) is -4.13. The minimum atomic E-state index is -4.13.